The lowest BCUT2D eigenvalue weighted by atomic mass is 10.2. The van der Waals surface area contributed by atoms with Crippen LogP contribution in [0, 0.1) is 0 Å². The van der Waals surface area contributed by atoms with Crippen LogP contribution in [0.2, 0.25) is 0 Å². The van der Waals surface area contributed by atoms with Crippen molar-refractivity contribution in [2.75, 3.05) is 31.6 Å². The van der Waals surface area contributed by atoms with E-state index in [1.807, 2.05) is 6.07 Å². The number of aliphatic imine (C=N–C) groups is 1. The van der Waals surface area contributed by atoms with Gasteiger partial charge in [0, 0.05) is 36.2 Å². The molecular formula is C15H21BrN4O3S. The molecule has 1 amide bonds. The Labute approximate surface area is 150 Å². The molecule has 1 heterocycles. The van der Waals surface area contributed by atoms with Gasteiger partial charge in [-0.15, -0.1) is 0 Å². The van der Waals surface area contributed by atoms with Crippen molar-refractivity contribution in [3.8, 4) is 0 Å². The molecule has 1 aromatic rings. The summed E-state index contributed by atoms with van der Waals surface area (Å²) in [5.74, 6) is 0.731. The first-order chi connectivity index (χ1) is 11.4. The van der Waals surface area contributed by atoms with Crippen LogP contribution in [0.5, 0.6) is 0 Å². The predicted molar refractivity (Wildman–Crippen MR) is 98.0 cm³/mol. The van der Waals surface area contributed by atoms with Crippen LogP contribution in [-0.4, -0.2) is 58.0 Å². The zero-order chi connectivity index (χ0) is 17.6. The van der Waals surface area contributed by atoms with Crippen molar-refractivity contribution < 1.29 is 13.2 Å². The fourth-order valence-corrected chi connectivity index (χ4v) is 4.46. The van der Waals surface area contributed by atoms with Crippen molar-refractivity contribution in [3.05, 3.63) is 34.3 Å². The maximum absolute atomic E-state index is 12.0. The Kier molecular flexibility index (Phi) is 6.61. The number of rotatable bonds is 5. The Morgan fingerprint density at radius 1 is 1.33 bits per heavy atom. The van der Waals surface area contributed by atoms with E-state index in [-0.39, 0.29) is 23.5 Å². The Bertz CT molecular complexity index is 721. The van der Waals surface area contributed by atoms with Gasteiger partial charge in [0.1, 0.15) is 0 Å². The van der Waals surface area contributed by atoms with Gasteiger partial charge in [-0.05, 0) is 24.6 Å². The van der Waals surface area contributed by atoms with Crippen LogP contribution in [-0.2, 0) is 9.84 Å². The predicted octanol–water partition coefficient (Wildman–Crippen LogP) is 0.531. The first-order valence-electron chi connectivity index (χ1n) is 7.61. The number of hydrogen-bond donors (Lipinski definition) is 3. The summed E-state index contributed by atoms with van der Waals surface area (Å²) in [7, 11) is -1.30. The fraction of sp³-hybridized carbons (Fsp3) is 0.467. The summed E-state index contributed by atoms with van der Waals surface area (Å²) in [5, 5.41) is 8.96. The smallest absolute Gasteiger partial charge is 0.251 e. The number of guanidine groups is 1. The third kappa shape index (κ3) is 5.79. The van der Waals surface area contributed by atoms with E-state index in [1.165, 1.54) is 0 Å². The second-order valence-electron chi connectivity index (χ2n) is 5.51. The minimum absolute atomic E-state index is 0.113. The second kappa shape index (κ2) is 8.48. The highest BCUT2D eigenvalue weighted by atomic mass is 79.9. The normalized spacial score (nSPS) is 19.8. The zero-order valence-corrected chi connectivity index (χ0v) is 15.8. The summed E-state index contributed by atoms with van der Waals surface area (Å²) in [4.78, 5) is 16.1. The Balaban J connectivity index is 1.71. The lowest BCUT2D eigenvalue weighted by Crippen LogP contribution is -2.46. The number of hydrogen-bond acceptors (Lipinski definition) is 4. The summed E-state index contributed by atoms with van der Waals surface area (Å²) < 4.78 is 23.8. The van der Waals surface area contributed by atoms with Gasteiger partial charge in [-0.1, -0.05) is 22.0 Å². The highest BCUT2D eigenvalue weighted by Gasteiger charge is 2.28. The molecule has 0 saturated carbocycles. The number of sulfone groups is 1. The largest absolute Gasteiger partial charge is 0.355 e. The number of carbonyl (C=O) groups excluding carboxylic acids is 1. The quantitative estimate of drug-likeness (QED) is 0.369. The van der Waals surface area contributed by atoms with E-state index in [9.17, 15) is 13.2 Å². The van der Waals surface area contributed by atoms with E-state index >= 15 is 0 Å². The third-order valence-electron chi connectivity index (χ3n) is 3.59. The maximum atomic E-state index is 12.0. The SMILES string of the molecule is CN=C(NCCNC(=O)c1cccc(Br)c1)NC1CCS(=O)(=O)C1. The van der Waals surface area contributed by atoms with Crippen LogP contribution >= 0.6 is 15.9 Å². The van der Waals surface area contributed by atoms with Crippen LogP contribution in [0.4, 0.5) is 0 Å². The van der Waals surface area contributed by atoms with Gasteiger partial charge in [0.05, 0.1) is 11.5 Å². The van der Waals surface area contributed by atoms with Crippen molar-refractivity contribution in [2.45, 2.75) is 12.5 Å². The van der Waals surface area contributed by atoms with Crippen LogP contribution in [0.3, 0.4) is 0 Å². The summed E-state index contributed by atoms with van der Waals surface area (Å²) >= 11 is 3.33. The minimum Gasteiger partial charge on any atom is -0.355 e. The van der Waals surface area contributed by atoms with E-state index < -0.39 is 9.84 Å². The Morgan fingerprint density at radius 3 is 2.71 bits per heavy atom. The summed E-state index contributed by atoms with van der Waals surface area (Å²) in [5.41, 5.74) is 0.586. The third-order valence-corrected chi connectivity index (χ3v) is 5.85. The summed E-state index contributed by atoms with van der Waals surface area (Å²) in [6.07, 6.45) is 0.586. The van der Waals surface area contributed by atoms with E-state index in [1.54, 1.807) is 25.2 Å². The molecule has 7 nitrogen and oxygen atoms in total. The second-order valence-corrected chi connectivity index (χ2v) is 8.65. The van der Waals surface area contributed by atoms with Crippen molar-refractivity contribution in [2.24, 2.45) is 4.99 Å². The van der Waals surface area contributed by atoms with E-state index in [2.05, 4.69) is 36.9 Å². The van der Waals surface area contributed by atoms with Crippen molar-refractivity contribution >= 4 is 37.6 Å². The summed E-state index contributed by atoms with van der Waals surface area (Å²) in [6.45, 7) is 0.911. The highest BCUT2D eigenvalue weighted by molar-refractivity contribution is 9.10. The molecule has 0 aliphatic carbocycles. The van der Waals surface area contributed by atoms with Crippen molar-refractivity contribution in [3.63, 3.8) is 0 Å². The number of carbonyl (C=O) groups is 1. The molecule has 1 unspecified atom stereocenters. The molecule has 0 spiro atoms. The van der Waals surface area contributed by atoms with Gasteiger partial charge < -0.3 is 16.0 Å². The molecule has 1 aliphatic heterocycles. The molecule has 24 heavy (non-hydrogen) atoms. The van der Waals surface area contributed by atoms with Crippen molar-refractivity contribution in [1.82, 2.24) is 16.0 Å². The average molecular weight is 417 g/mol. The molecule has 1 aliphatic rings. The molecule has 1 atom stereocenters. The number of nitrogens with zero attached hydrogens (tertiary/aromatic N) is 1. The zero-order valence-electron chi connectivity index (χ0n) is 13.4. The van der Waals surface area contributed by atoms with Gasteiger partial charge in [0.15, 0.2) is 15.8 Å². The molecule has 132 valence electrons. The van der Waals surface area contributed by atoms with Crippen molar-refractivity contribution in [1.29, 1.82) is 0 Å². The molecule has 0 bridgehead atoms. The molecule has 0 radical (unpaired) electrons. The lowest BCUT2D eigenvalue weighted by molar-refractivity contribution is 0.0954. The molecular weight excluding hydrogens is 396 g/mol. The van der Waals surface area contributed by atoms with Gasteiger partial charge in [-0.25, -0.2) is 8.42 Å². The molecule has 3 N–H and O–H groups in total. The van der Waals surface area contributed by atoms with Crippen LogP contribution in [0.1, 0.15) is 16.8 Å². The lowest BCUT2D eigenvalue weighted by Gasteiger charge is -2.16. The number of nitrogens with one attached hydrogen (secondary N) is 3. The van der Waals surface area contributed by atoms with Crippen LogP contribution in [0.25, 0.3) is 0 Å². The van der Waals surface area contributed by atoms with Crippen LogP contribution in [0.15, 0.2) is 33.7 Å². The van der Waals surface area contributed by atoms with E-state index in [0.717, 1.165) is 4.47 Å². The highest BCUT2D eigenvalue weighted by Crippen LogP contribution is 2.11. The Morgan fingerprint density at radius 2 is 2.08 bits per heavy atom. The van der Waals surface area contributed by atoms with Gasteiger partial charge in [-0.3, -0.25) is 9.79 Å². The minimum atomic E-state index is -2.93. The van der Waals surface area contributed by atoms with Crippen LogP contribution < -0.4 is 16.0 Å². The average Bonchev–Trinajstić information content (AvgIpc) is 2.88. The van der Waals surface area contributed by atoms with E-state index in [0.29, 0.717) is 31.0 Å². The topological polar surface area (TPSA) is 99.7 Å². The monoisotopic (exact) mass is 416 g/mol. The van der Waals surface area contributed by atoms with Gasteiger partial charge >= 0.3 is 0 Å². The maximum Gasteiger partial charge on any atom is 0.251 e. The fourth-order valence-electron chi connectivity index (χ4n) is 2.39. The van der Waals surface area contributed by atoms with Gasteiger partial charge in [0.25, 0.3) is 5.91 Å². The first kappa shape index (κ1) is 18.7. The first-order valence-corrected chi connectivity index (χ1v) is 10.2. The molecule has 1 fully saturated rings. The standard InChI is InChI=1S/C15H21BrN4O3S/c1-17-15(20-13-5-8-24(22,23)10-13)19-7-6-18-14(21)11-3-2-4-12(16)9-11/h2-4,9,13H,5-8,10H2,1H3,(H,18,21)(H2,17,19,20). The number of amides is 1. The Hall–Kier alpha value is -1.61. The van der Waals surface area contributed by atoms with Gasteiger partial charge in [-0.2, -0.15) is 0 Å². The van der Waals surface area contributed by atoms with Gasteiger partial charge in [0.2, 0.25) is 0 Å². The molecule has 2 rings (SSSR count). The number of halogens is 1. The number of benzene rings is 1. The summed E-state index contributed by atoms with van der Waals surface area (Å²) in [6, 6.07) is 7.05. The molecule has 1 saturated heterocycles. The van der Waals surface area contributed by atoms with E-state index in [4.69, 9.17) is 0 Å². The molecule has 1 aromatic carbocycles. The molecule has 9 heteroatoms. The molecule has 0 aromatic heterocycles.